The fourth-order valence-corrected chi connectivity index (χ4v) is 4.57. The van der Waals surface area contributed by atoms with Crippen LogP contribution in [0.2, 0.25) is 0 Å². The van der Waals surface area contributed by atoms with Crippen LogP contribution in [0, 0.1) is 0 Å². The molecule has 10 heteroatoms. The van der Waals surface area contributed by atoms with Crippen molar-refractivity contribution in [2.75, 3.05) is 63.3 Å². The van der Waals surface area contributed by atoms with Crippen LogP contribution in [-0.2, 0) is 19.6 Å². The van der Waals surface area contributed by atoms with E-state index in [-0.39, 0.29) is 11.4 Å². The first-order valence-corrected chi connectivity index (χ1v) is 11.5. The van der Waals surface area contributed by atoms with Crippen molar-refractivity contribution >= 4 is 27.3 Å². The zero-order valence-corrected chi connectivity index (χ0v) is 18.1. The lowest BCUT2D eigenvalue weighted by Crippen LogP contribution is -2.36. The second kappa shape index (κ2) is 9.13. The summed E-state index contributed by atoms with van der Waals surface area (Å²) >= 11 is 0. The number of carbonyl (C=O) groups is 1. The molecule has 0 aliphatic carbocycles. The van der Waals surface area contributed by atoms with Gasteiger partial charge in [0, 0.05) is 37.6 Å². The topological polar surface area (TPSA) is 97.4 Å². The summed E-state index contributed by atoms with van der Waals surface area (Å²) in [6, 6.07) is 11.9. The Hall–Kier alpha value is -2.82. The summed E-state index contributed by atoms with van der Waals surface area (Å²) in [7, 11) is -2.49. The zero-order valence-electron chi connectivity index (χ0n) is 17.2. The molecule has 0 unspecified atom stereocenters. The zero-order chi connectivity index (χ0) is 21.8. The molecule has 0 radical (unpaired) electrons. The number of nitrogens with zero attached hydrogens (tertiary/aromatic N) is 2. The van der Waals surface area contributed by atoms with Gasteiger partial charge in [0.1, 0.15) is 13.2 Å². The van der Waals surface area contributed by atoms with E-state index >= 15 is 0 Å². The van der Waals surface area contributed by atoms with Crippen LogP contribution in [0.15, 0.2) is 47.4 Å². The molecule has 1 saturated heterocycles. The monoisotopic (exact) mass is 447 g/mol. The summed E-state index contributed by atoms with van der Waals surface area (Å²) < 4.78 is 43.0. The number of sulfonamides is 1. The molecule has 1 N–H and O–H groups in total. The first-order valence-electron chi connectivity index (χ1n) is 10.0. The maximum absolute atomic E-state index is 12.9. The number of likely N-dealkylation sites (N-methyl/N-ethyl adjacent to an activating group) is 1. The van der Waals surface area contributed by atoms with E-state index in [4.69, 9.17) is 14.2 Å². The molecule has 0 saturated carbocycles. The molecule has 2 aromatic carbocycles. The molecule has 1 amide bonds. The van der Waals surface area contributed by atoms with E-state index in [1.165, 1.54) is 19.2 Å². The average molecular weight is 448 g/mol. The number of morpholine rings is 1. The molecule has 0 bridgehead atoms. The third-order valence-corrected chi connectivity index (χ3v) is 6.91. The molecule has 9 nitrogen and oxygen atoms in total. The highest BCUT2D eigenvalue weighted by Gasteiger charge is 2.25. The Morgan fingerprint density at radius 2 is 1.68 bits per heavy atom. The number of hydrogen-bond acceptors (Lipinski definition) is 7. The van der Waals surface area contributed by atoms with Crippen LogP contribution in [-0.4, -0.2) is 71.7 Å². The number of rotatable bonds is 6. The van der Waals surface area contributed by atoms with E-state index in [1.807, 2.05) is 12.1 Å². The normalized spacial score (nSPS) is 16.3. The first kappa shape index (κ1) is 21.4. The Kier molecular flexibility index (Phi) is 6.30. The van der Waals surface area contributed by atoms with Gasteiger partial charge in [0.25, 0.3) is 0 Å². The number of hydrogen-bond donors (Lipinski definition) is 1. The molecular weight excluding hydrogens is 422 g/mol. The molecule has 31 heavy (non-hydrogen) atoms. The van der Waals surface area contributed by atoms with Crippen LogP contribution in [0.4, 0.5) is 11.4 Å². The van der Waals surface area contributed by atoms with E-state index < -0.39 is 15.9 Å². The molecule has 0 atom stereocenters. The van der Waals surface area contributed by atoms with Gasteiger partial charge in [-0.1, -0.05) is 0 Å². The Labute approximate surface area is 181 Å². The van der Waals surface area contributed by atoms with E-state index in [0.29, 0.717) is 43.6 Å². The van der Waals surface area contributed by atoms with Crippen molar-refractivity contribution in [3.05, 3.63) is 42.5 Å². The molecule has 2 aliphatic rings. The van der Waals surface area contributed by atoms with Gasteiger partial charge >= 0.3 is 0 Å². The number of nitrogens with one attached hydrogen (secondary N) is 1. The maximum atomic E-state index is 12.9. The SMILES string of the molecule is CN(CC(=O)Nc1ccc(N2CCOCC2)cc1)S(=O)(=O)c1ccc2c(c1)OCCO2. The minimum Gasteiger partial charge on any atom is -0.486 e. The minimum absolute atomic E-state index is 0.0434. The smallest absolute Gasteiger partial charge is 0.243 e. The molecule has 0 spiro atoms. The number of ether oxygens (including phenoxy) is 3. The summed E-state index contributed by atoms with van der Waals surface area (Å²) in [5, 5.41) is 2.74. The summed E-state index contributed by atoms with van der Waals surface area (Å²) in [5.74, 6) is 0.458. The minimum atomic E-state index is -3.86. The first-order chi connectivity index (χ1) is 14.9. The van der Waals surface area contributed by atoms with Crippen LogP contribution in [0.1, 0.15) is 0 Å². The van der Waals surface area contributed by atoms with Gasteiger partial charge in [-0.2, -0.15) is 4.31 Å². The van der Waals surface area contributed by atoms with Crippen molar-refractivity contribution < 1.29 is 27.4 Å². The van der Waals surface area contributed by atoms with Crippen LogP contribution >= 0.6 is 0 Å². The van der Waals surface area contributed by atoms with E-state index in [2.05, 4.69) is 10.2 Å². The predicted octanol–water partition coefficient (Wildman–Crippen LogP) is 1.55. The van der Waals surface area contributed by atoms with Crippen LogP contribution in [0.25, 0.3) is 0 Å². The number of fused-ring (bicyclic) bond motifs is 1. The number of carbonyl (C=O) groups excluding carboxylic acids is 1. The Morgan fingerprint density at radius 1 is 1.00 bits per heavy atom. The summed E-state index contributed by atoms with van der Waals surface area (Å²) in [6.07, 6.45) is 0. The molecule has 0 aromatic heterocycles. The Morgan fingerprint density at radius 3 is 2.39 bits per heavy atom. The van der Waals surface area contributed by atoms with Crippen LogP contribution < -0.4 is 19.7 Å². The fraction of sp³-hybridized carbons (Fsp3) is 0.381. The number of anilines is 2. The molecule has 166 valence electrons. The Balaban J connectivity index is 1.37. The van der Waals surface area contributed by atoms with Gasteiger partial charge in [0.2, 0.25) is 15.9 Å². The molecule has 4 rings (SSSR count). The summed E-state index contributed by atoms with van der Waals surface area (Å²) in [5.41, 5.74) is 1.66. The standard InChI is InChI=1S/C21H25N3O6S/c1-23(31(26,27)18-6-7-19-20(14-18)30-13-12-29-19)15-21(25)22-16-2-4-17(5-3-16)24-8-10-28-11-9-24/h2-7,14H,8-13,15H2,1H3,(H,22,25). The fourth-order valence-electron chi connectivity index (χ4n) is 3.43. The van der Waals surface area contributed by atoms with Crippen LogP contribution in [0.3, 0.4) is 0 Å². The lowest BCUT2D eigenvalue weighted by Gasteiger charge is -2.28. The van der Waals surface area contributed by atoms with Crippen molar-refractivity contribution in [1.82, 2.24) is 4.31 Å². The number of benzene rings is 2. The van der Waals surface area contributed by atoms with Crippen molar-refractivity contribution in [2.45, 2.75) is 4.90 Å². The van der Waals surface area contributed by atoms with E-state index in [0.717, 1.165) is 23.1 Å². The summed E-state index contributed by atoms with van der Waals surface area (Å²) in [6.45, 7) is 3.52. The van der Waals surface area contributed by atoms with Crippen LogP contribution in [0.5, 0.6) is 11.5 Å². The van der Waals surface area contributed by atoms with Gasteiger partial charge in [0.05, 0.1) is 24.7 Å². The largest absolute Gasteiger partial charge is 0.486 e. The van der Waals surface area contributed by atoms with E-state index in [1.54, 1.807) is 18.2 Å². The van der Waals surface area contributed by atoms with E-state index in [9.17, 15) is 13.2 Å². The summed E-state index contributed by atoms with van der Waals surface area (Å²) in [4.78, 5) is 14.7. The predicted molar refractivity (Wildman–Crippen MR) is 115 cm³/mol. The second-order valence-corrected chi connectivity index (χ2v) is 9.31. The van der Waals surface area contributed by atoms with Gasteiger partial charge in [-0.15, -0.1) is 0 Å². The third-order valence-electron chi connectivity index (χ3n) is 5.12. The second-order valence-electron chi connectivity index (χ2n) is 7.26. The van der Waals surface area contributed by atoms with Crippen molar-refractivity contribution in [3.8, 4) is 11.5 Å². The van der Waals surface area contributed by atoms with Crippen molar-refractivity contribution in [1.29, 1.82) is 0 Å². The van der Waals surface area contributed by atoms with Gasteiger partial charge < -0.3 is 24.4 Å². The highest BCUT2D eigenvalue weighted by Crippen LogP contribution is 2.33. The lowest BCUT2D eigenvalue weighted by molar-refractivity contribution is -0.116. The van der Waals surface area contributed by atoms with Gasteiger partial charge in [-0.3, -0.25) is 4.79 Å². The van der Waals surface area contributed by atoms with Crippen molar-refractivity contribution in [3.63, 3.8) is 0 Å². The number of amides is 1. The highest BCUT2D eigenvalue weighted by molar-refractivity contribution is 7.89. The molecule has 2 aromatic rings. The van der Waals surface area contributed by atoms with Gasteiger partial charge in [0.15, 0.2) is 11.5 Å². The molecule has 2 heterocycles. The molecular formula is C21H25N3O6S. The van der Waals surface area contributed by atoms with Gasteiger partial charge in [-0.25, -0.2) is 8.42 Å². The highest BCUT2D eigenvalue weighted by atomic mass is 32.2. The van der Waals surface area contributed by atoms with Crippen molar-refractivity contribution in [2.24, 2.45) is 0 Å². The maximum Gasteiger partial charge on any atom is 0.243 e. The average Bonchev–Trinajstić information content (AvgIpc) is 2.79. The third kappa shape index (κ3) is 4.92. The molecule has 2 aliphatic heterocycles. The quantitative estimate of drug-likeness (QED) is 0.718. The Bertz CT molecular complexity index is 1040. The van der Waals surface area contributed by atoms with Gasteiger partial charge in [-0.05, 0) is 36.4 Å². The molecule has 1 fully saturated rings. The lowest BCUT2D eigenvalue weighted by atomic mass is 10.2.